The lowest BCUT2D eigenvalue weighted by molar-refractivity contribution is -0.135. The quantitative estimate of drug-likeness (QED) is 0.723. The lowest BCUT2D eigenvalue weighted by Gasteiger charge is -2.05. The summed E-state index contributed by atoms with van der Waals surface area (Å²) in [5.74, 6) is -0.258. The lowest BCUT2D eigenvalue weighted by atomic mass is 10.3. The topological polar surface area (TPSA) is 69.0 Å². The third-order valence-corrected chi connectivity index (χ3v) is 2.91. The molecule has 0 aliphatic carbocycles. The molecule has 3 aromatic rings. The molecule has 0 atom stereocenters. The van der Waals surface area contributed by atoms with Crippen LogP contribution in [-0.2, 0) is 22.8 Å². The maximum Gasteiger partial charge on any atom is 0.265 e. The highest BCUT2D eigenvalue weighted by molar-refractivity contribution is 5.79. The molecule has 1 amide bonds. The Morgan fingerprint density at radius 2 is 2.14 bits per heavy atom. The Kier molecular flexibility index (Phi) is 3.88. The van der Waals surface area contributed by atoms with E-state index in [2.05, 4.69) is 15.6 Å². The van der Waals surface area contributed by atoms with Gasteiger partial charge in [0, 0.05) is 24.0 Å². The van der Waals surface area contributed by atoms with Crippen molar-refractivity contribution < 1.29 is 9.63 Å². The SMILES string of the molecule is O=C(Cn1cc2ccccc2n1)NOCc1cccnc1. The number of hydroxylamine groups is 1. The van der Waals surface area contributed by atoms with Gasteiger partial charge in [0.2, 0.25) is 0 Å². The van der Waals surface area contributed by atoms with Gasteiger partial charge in [-0.25, -0.2) is 5.48 Å². The minimum atomic E-state index is -0.258. The molecule has 0 unspecified atom stereocenters. The summed E-state index contributed by atoms with van der Waals surface area (Å²) in [6.45, 7) is 0.391. The molecular formula is C15H14N4O2. The van der Waals surface area contributed by atoms with Crippen molar-refractivity contribution in [2.75, 3.05) is 0 Å². The maximum atomic E-state index is 11.8. The van der Waals surface area contributed by atoms with Crippen molar-refractivity contribution in [1.82, 2.24) is 20.2 Å². The van der Waals surface area contributed by atoms with Gasteiger partial charge in [-0.15, -0.1) is 0 Å². The highest BCUT2D eigenvalue weighted by Crippen LogP contribution is 2.10. The van der Waals surface area contributed by atoms with Gasteiger partial charge in [-0.1, -0.05) is 24.3 Å². The van der Waals surface area contributed by atoms with Gasteiger partial charge < -0.3 is 0 Å². The largest absolute Gasteiger partial charge is 0.271 e. The molecule has 0 bridgehead atoms. The van der Waals surface area contributed by atoms with Gasteiger partial charge in [0.25, 0.3) is 5.91 Å². The van der Waals surface area contributed by atoms with Crippen molar-refractivity contribution in [3.8, 4) is 0 Å². The molecule has 3 rings (SSSR count). The fourth-order valence-electron chi connectivity index (χ4n) is 1.96. The van der Waals surface area contributed by atoms with Gasteiger partial charge in [0.05, 0.1) is 5.52 Å². The fourth-order valence-corrected chi connectivity index (χ4v) is 1.96. The molecule has 2 heterocycles. The molecule has 6 nitrogen and oxygen atoms in total. The van der Waals surface area contributed by atoms with E-state index in [-0.39, 0.29) is 19.1 Å². The second-order valence-corrected chi connectivity index (χ2v) is 4.56. The number of benzene rings is 1. The lowest BCUT2D eigenvalue weighted by Crippen LogP contribution is -2.27. The molecule has 106 valence electrons. The molecule has 0 saturated carbocycles. The van der Waals surface area contributed by atoms with Crippen LogP contribution in [-0.4, -0.2) is 20.7 Å². The first kappa shape index (κ1) is 13.3. The van der Waals surface area contributed by atoms with Crippen LogP contribution in [0.2, 0.25) is 0 Å². The van der Waals surface area contributed by atoms with Crippen LogP contribution in [0.1, 0.15) is 5.56 Å². The molecule has 1 N–H and O–H groups in total. The van der Waals surface area contributed by atoms with Gasteiger partial charge in [0.15, 0.2) is 0 Å². The number of hydrogen-bond acceptors (Lipinski definition) is 4. The average Bonchev–Trinajstić information content (AvgIpc) is 2.90. The smallest absolute Gasteiger partial charge is 0.265 e. The van der Waals surface area contributed by atoms with Gasteiger partial charge in [-0.3, -0.25) is 19.3 Å². The Morgan fingerprint density at radius 1 is 1.24 bits per heavy atom. The van der Waals surface area contributed by atoms with Crippen LogP contribution in [0.25, 0.3) is 10.9 Å². The normalized spacial score (nSPS) is 10.7. The maximum absolute atomic E-state index is 11.8. The Balaban J connectivity index is 1.52. The minimum absolute atomic E-state index is 0.113. The number of rotatable bonds is 5. The van der Waals surface area contributed by atoms with E-state index >= 15 is 0 Å². The van der Waals surface area contributed by atoms with Crippen LogP contribution in [0, 0.1) is 0 Å². The van der Waals surface area contributed by atoms with E-state index in [9.17, 15) is 4.79 Å². The van der Waals surface area contributed by atoms with Crippen LogP contribution in [0.5, 0.6) is 0 Å². The Bertz CT molecular complexity index is 707. The first-order chi connectivity index (χ1) is 10.3. The summed E-state index contributed by atoms with van der Waals surface area (Å²) in [4.78, 5) is 20.9. The molecule has 0 aliphatic rings. The fraction of sp³-hybridized carbons (Fsp3) is 0.133. The molecule has 0 fully saturated rings. The molecule has 6 heteroatoms. The van der Waals surface area contributed by atoms with E-state index in [1.54, 1.807) is 17.1 Å². The van der Waals surface area contributed by atoms with E-state index in [1.807, 2.05) is 42.6 Å². The highest BCUT2D eigenvalue weighted by Gasteiger charge is 2.05. The Hall–Kier alpha value is -2.73. The van der Waals surface area contributed by atoms with E-state index in [0.717, 1.165) is 16.5 Å². The number of pyridine rings is 1. The molecule has 2 aromatic heterocycles. The number of aromatic nitrogens is 3. The summed E-state index contributed by atoms with van der Waals surface area (Å²) >= 11 is 0. The number of carbonyl (C=O) groups excluding carboxylic acids is 1. The second-order valence-electron chi connectivity index (χ2n) is 4.56. The molecule has 0 radical (unpaired) electrons. The van der Waals surface area contributed by atoms with Crippen molar-refractivity contribution >= 4 is 16.8 Å². The van der Waals surface area contributed by atoms with Crippen molar-refractivity contribution in [3.05, 3.63) is 60.6 Å². The summed E-state index contributed by atoms with van der Waals surface area (Å²) in [6.07, 6.45) is 5.20. The van der Waals surface area contributed by atoms with Gasteiger partial charge in [0.1, 0.15) is 13.2 Å². The zero-order valence-corrected chi connectivity index (χ0v) is 11.3. The van der Waals surface area contributed by atoms with Gasteiger partial charge in [-0.2, -0.15) is 5.10 Å². The second kappa shape index (κ2) is 6.15. The predicted molar refractivity (Wildman–Crippen MR) is 76.9 cm³/mol. The monoisotopic (exact) mass is 282 g/mol. The van der Waals surface area contributed by atoms with Crippen LogP contribution in [0.15, 0.2) is 55.0 Å². The van der Waals surface area contributed by atoms with Crippen molar-refractivity contribution in [2.24, 2.45) is 0 Å². The third-order valence-electron chi connectivity index (χ3n) is 2.91. The molecule has 21 heavy (non-hydrogen) atoms. The molecule has 0 aliphatic heterocycles. The van der Waals surface area contributed by atoms with Crippen LogP contribution in [0.3, 0.4) is 0 Å². The van der Waals surface area contributed by atoms with Gasteiger partial charge >= 0.3 is 0 Å². The number of fused-ring (bicyclic) bond motifs is 1. The van der Waals surface area contributed by atoms with E-state index < -0.39 is 0 Å². The number of amides is 1. The van der Waals surface area contributed by atoms with Crippen LogP contribution >= 0.6 is 0 Å². The zero-order chi connectivity index (χ0) is 14.5. The van der Waals surface area contributed by atoms with Crippen molar-refractivity contribution in [1.29, 1.82) is 0 Å². The summed E-state index contributed by atoms with van der Waals surface area (Å²) < 4.78 is 1.59. The van der Waals surface area contributed by atoms with Crippen molar-refractivity contribution in [3.63, 3.8) is 0 Å². The standard InChI is InChI=1S/C15H14N4O2/c20-15(18-21-11-12-4-3-7-16-8-12)10-19-9-13-5-1-2-6-14(13)17-19/h1-9H,10-11H2,(H,18,20). The Morgan fingerprint density at radius 3 is 2.95 bits per heavy atom. The first-order valence-electron chi connectivity index (χ1n) is 6.53. The summed E-state index contributed by atoms with van der Waals surface area (Å²) in [6, 6.07) is 11.4. The average molecular weight is 282 g/mol. The molecule has 0 spiro atoms. The highest BCUT2D eigenvalue weighted by atomic mass is 16.6. The summed E-state index contributed by atoms with van der Waals surface area (Å²) in [5, 5.41) is 5.31. The van der Waals surface area contributed by atoms with Crippen molar-refractivity contribution in [2.45, 2.75) is 13.2 Å². The van der Waals surface area contributed by atoms with Crippen LogP contribution in [0.4, 0.5) is 0 Å². The zero-order valence-electron chi connectivity index (χ0n) is 11.3. The van der Waals surface area contributed by atoms with E-state index in [4.69, 9.17) is 4.84 Å². The summed E-state index contributed by atoms with van der Waals surface area (Å²) in [5.41, 5.74) is 4.15. The number of nitrogens with zero attached hydrogens (tertiary/aromatic N) is 3. The summed E-state index contributed by atoms with van der Waals surface area (Å²) in [7, 11) is 0. The number of hydrogen-bond donors (Lipinski definition) is 1. The van der Waals surface area contributed by atoms with E-state index in [1.165, 1.54) is 0 Å². The third kappa shape index (κ3) is 3.43. The van der Waals surface area contributed by atoms with Gasteiger partial charge in [-0.05, 0) is 17.7 Å². The number of carbonyl (C=O) groups is 1. The van der Waals surface area contributed by atoms with E-state index in [0.29, 0.717) is 0 Å². The Labute approximate surface area is 121 Å². The number of nitrogens with one attached hydrogen (secondary N) is 1. The predicted octanol–water partition coefficient (Wildman–Crippen LogP) is 1.68. The molecule has 1 aromatic carbocycles. The minimum Gasteiger partial charge on any atom is -0.271 e. The molecular weight excluding hydrogens is 268 g/mol. The first-order valence-corrected chi connectivity index (χ1v) is 6.53. The molecule has 0 saturated heterocycles. The van der Waals surface area contributed by atoms with Crippen LogP contribution < -0.4 is 5.48 Å².